The van der Waals surface area contributed by atoms with Crippen molar-refractivity contribution >= 4 is 27.5 Å². The summed E-state index contributed by atoms with van der Waals surface area (Å²) in [5.74, 6) is 0. The molecule has 4 N–H and O–H groups in total. The minimum Gasteiger partial charge on any atom is -0.360 e. The normalized spacial score (nSPS) is 12.9. The predicted octanol–water partition coefficient (Wildman–Crippen LogP) is 3.99. The number of nitrogens with two attached hydrogens (primary N) is 1. The van der Waals surface area contributed by atoms with Crippen molar-refractivity contribution < 1.29 is 13.2 Å². The molecule has 2 heterocycles. The van der Waals surface area contributed by atoms with Gasteiger partial charge in [-0.05, 0) is 35.7 Å². The summed E-state index contributed by atoms with van der Waals surface area (Å²) in [6, 6.07) is 10.5. The lowest BCUT2D eigenvalue weighted by Gasteiger charge is -2.14. The van der Waals surface area contributed by atoms with E-state index in [0.29, 0.717) is 23.7 Å². The van der Waals surface area contributed by atoms with Gasteiger partial charge in [-0.2, -0.15) is 13.2 Å². The van der Waals surface area contributed by atoms with Crippen LogP contribution in [0.1, 0.15) is 11.1 Å². The van der Waals surface area contributed by atoms with Crippen LogP contribution in [0.3, 0.4) is 0 Å². The van der Waals surface area contributed by atoms with Crippen molar-refractivity contribution in [1.82, 2.24) is 14.5 Å². The van der Waals surface area contributed by atoms with E-state index < -0.39 is 11.7 Å². The van der Waals surface area contributed by atoms with Gasteiger partial charge >= 0.3 is 11.9 Å². The average Bonchev–Trinajstić information content (AvgIpc) is 3.31. The van der Waals surface area contributed by atoms with Crippen LogP contribution in [0.5, 0.6) is 0 Å². The van der Waals surface area contributed by atoms with E-state index in [1.165, 1.54) is 17.4 Å². The van der Waals surface area contributed by atoms with Crippen molar-refractivity contribution in [2.75, 3.05) is 11.9 Å². The van der Waals surface area contributed by atoms with Crippen molar-refractivity contribution in [3.05, 3.63) is 70.3 Å². The zero-order valence-electron chi connectivity index (χ0n) is 16.5. The third-order valence-electron chi connectivity index (χ3n) is 4.96. The van der Waals surface area contributed by atoms with Crippen LogP contribution in [0, 0.1) is 0 Å². The first-order valence-corrected chi connectivity index (χ1v) is 10.3. The number of hydrogen-bond donors (Lipinski definition) is 3. The molecule has 0 saturated heterocycles. The number of nitrogens with one attached hydrogen (secondary N) is 2. The maximum atomic E-state index is 12.9. The highest BCUT2D eigenvalue weighted by Crippen LogP contribution is 2.31. The SMILES string of the molecule is Cn1c(=O)[nH]c2ccc(-c3cnc(NC[C@H](N)Cc4cccc(C(F)(F)F)c4)s3)cc21. The fraction of sp³-hybridized carbons (Fsp3) is 0.238. The Morgan fingerprint density at radius 1 is 1.26 bits per heavy atom. The lowest BCUT2D eigenvalue weighted by atomic mass is 10.0. The van der Waals surface area contributed by atoms with Gasteiger partial charge in [-0.3, -0.25) is 4.57 Å². The van der Waals surface area contributed by atoms with Crippen molar-refractivity contribution in [2.24, 2.45) is 12.8 Å². The smallest absolute Gasteiger partial charge is 0.360 e. The van der Waals surface area contributed by atoms with Crippen LogP contribution in [0.4, 0.5) is 18.3 Å². The van der Waals surface area contributed by atoms with Crippen molar-refractivity contribution in [3.63, 3.8) is 0 Å². The largest absolute Gasteiger partial charge is 0.416 e. The predicted molar refractivity (Wildman–Crippen MR) is 116 cm³/mol. The van der Waals surface area contributed by atoms with Crippen LogP contribution in [0.2, 0.25) is 0 Å². The number of fused-ring (bicyclic) bond motifs is 1. The number of anilines is 1. The lowest BCUT2D eigenvalue weighted by molar-refractivity contribution is -0.137. The van der Waals surface area contributed by atoms with Gasteiger partial charge in [-0.15, -0.1) is 0 Å². The summed E-state index contributed by atoms with van der Waals surface area (Å²) in [5, 5.41) is 3.82. The van der Waals surface area contributed by atoms with Crippen molar-refractivity contribution in [3.8, 4) is 10.4 Å². The monoisotopic (exact) mass is 447 g/mol. The molecular formula is C21H20F3N5OS. The van der Waals surface area contributed by atoms with E-state index in [2.05, 4.69) is 15.3 Å². The summed E-state index contributed by atoms with van der Waals surface area (Å²) in [4.78, 5) is 19.8. The molecule has 0 radical (unpaired) electrons. The molecule has 31 heavy (non-hydrogen) atoms. The molecule has 0 aliphatic rings. The summed E-state index contributed by atoms with van der Waals surface area (Å²) < 4.78 is 40.1. The number of rotatable bonds is 6. The van der Waals surface area contributed by atoms with Gasteiger partial charge in [0.1, 0.15) is 0 Å². The quantitative estimate of drug-likeness (QED) is 0.417. The van der Waals surface area contributed by atoms with E-state index in [0.717, 1.165) is 33.6 Å². The molecule has 162 valence electrons. The fourth-order valence-corrected chi connectivity index (χ4v) is 4.15. The molecule has 0 amide bonds. The molecule has 6 nitrogen and oxygen atoms in total. The van der Waals surface area contributed by atoms with E-state index >= 15 is 0 Å². The van der Waals surface area contributed by atoms with E-state index in [1.54, 1.807) is 23.9 Å². The molecule has 0 aliphatic carbocycles. The number of thiazole rings is 1. The van der Waals surface area contributed by atoms with Crippen LogP contribution in [0.25, 0.3) is 21.5 Å². The van der Waals surface area contributed by atoms with Crippen LogP contribution in [-0.2, 0) is 19.6 Å². The Morgan fingerprint density at radius 2 is 2.06 bits per heavy atom. The van der Waals surface area contributed by atoms with Gasteiger partial charge in [0.25, 0.3) is 0 Å². The average molecular weight is 447 g/mol. The zero-order valence-corrected chi connectivity index (χ0v) is 17.3. The molecule has 4 rings (SSSR count). The second-order valence-corrected chi connectivity index (χ2v) is 8.32. The fourth-order valence-electron chi connectivity index (χ4n) is 3.33. The molecule has 0 fully saturated rings. The Morgan fingerprint density at radius 3 is 2.84 bits per heavy atom. The molecule has 2 aromatic carbocycles. The molecule has 0 saturated carbocycles. The second-order valence-electron chi connectivity index (χ2n) is 7.29. The second kappa shape index (κ2) is 8.20. The number of halogens is 3. The third-order valence-corrected chi connectivity index (χ3v) is 5.97. The van der Waals surface area contributed by atoms with Crippen molar-refractivity contribution in [2.45, 2.75) is 18.6 Å². The van der Waals surface area contributed by atoms with Crippen LogP contribution >= 0.6 is 11.3 Å². The Labute approximate surface area is 179 Å². The first-order valence-electron chi connectivity index (χ1n) is 9.51. The van der Waals surface area contributed by atoms with Crippen molar-refractivity contribution in [1.29, 1.82) is 0 Å². The number of aryl methyl sites for hydroxylation is 1. The van der Waals surface area contributed by atoms with E-state index in [9.17, 15) is 18.0 Å². The van der Waals surface area contributed by atoms with Crippen LogP contribution in [0.15, 0.2) is 53.5 Å². The Hall–Kier alpha value is -3.11. The van der Waals surface area contributed by atoms with Gasteiger partial charge in [0.05, 0.1) is 21.5 Å². The molecule has 4 aromatic rings. The molecule has 0 spiro atoms. The van der Waals surface area contributed by atoms with Gasteiger partial charge in [0, 0.05) is 25.8 Å². The number of imidazole rings is 1. The maximum absolute atomic E-state index is 12.9. The number of aromatic amines is 1. The summed E-state index contributed by atoms with van der Waals surface area (Å²) in [6.45, 7) is 0.370. The highest BCUT2D eigenvalue weighted by atomic mass is 32.1. The Bertz CT molecular complexity index is 1270. The van der Waals surface area contributed by atoms with Gasteiger partial charge in [-0.25, -0.2) is 9.78 Å². The molecule has 0 aliphatic heterocycles. The first-order chi connectivity index (χ1) is 14.7. The van der Waals surface area contributed by atoms with Gasteiger partial charge in [-0.1, -0.05) is 35.6 Å². The summed E-state index contributed by atoms with van der Waals surface area (Å²) in [7, 11) is 1.70. The van der Waals surface area contributed by atoms with Gasteiger partial charge in [0.2, 0.25) is 0 Å². The molecule has 1 atom stereocenters. The highest BCUT2D eigenvalue weighted by molar-refractivity contribution is 7.18. The highest BCUT2D eigenvalue weighted by Gasteiger charge is 2.30. The number of nitrogens with zero attached hydrogens (tertiary/aromatic N) is 2. The Balaban J connectivity index is 1.40. The molecule has 10 heteroatoms. The number of H-pyrrole nitrogens is 1. The number of aromatic nitrogens is 3. The minimum atomic E-state index is -4.37. The topological polar surface area (TPSA) is 88.7 Å². The Kier molecular flexibility index (Phi) is 5.59. The summed E-state index contributed by atoms with van der Waals surface area (Å²) >= 11 is 1.44. The summed E-state index contributed by atoms with van der Waals surface area (Å²) in [6.07, 6.45) is -2.32. The maximum Gasteiger partial charge on any atom is 0.416 e. The minimum absolute atomic E-state index is 0.173. The van der Waals surface area contributed by atoms with Crippen LogP contribution in [-0.4, -0.2) is 27.1 Å². The number of alkyl halides is 3. The van der Waals surface area contributed by atoms with E-state index in [-0.39, 0.29) is 11.7 Å². The van der Waals surface area contributed by atoms with Gasteiger partial charge < -0.3 is 16.0 Å². The zero-order chi connectivity index (χ0) is 22.2. The van der Waals surface area contributed by atoms with E-state index in [1.807, 2.05) is 18.2 Å². The molecule has 0 unspecified atom stereocenters. The molecular weight excluding hydrogens is 427 g/mol. The first kappa shape index (κ1) is 21.1. The standard InChI is InChI=1S/C21H20F3N5OS/c1-29-17-9-13(5-6-16(17)28-20(29)30)18-11-27-19(31-18)26-10-15(25)8-12-3-2-4-14(7-12)21(22,23)24/h2-7,9,11,15H,8,10,25H2,1H3,(H,26,27)(H,28,30)/t15-/m1/s1. The van der Waals surface area contributed by atoms with E-state index in [4.69, 9.17) is 5.73 Å². The lowest BCUT2D eigenvalue weighted by Crippen LogP contribution is -2.31. The molecule has 0 bridgehead atoms. The van der Waals surface area contributed by atoms with Gasteiger partial charge in [0.15, 0.2) is 5.13 Å². The van der Waals surface area contributed by atoms with Crippen LogP contribution < -0.4 is 16.7 Å². The number of benzene rings is 2. The third kappa shape index (κ3) is 4.64. The molecule has 2 aromatic heterocycles. The summed E-state index contributed by atoms with van der Waals surface area (Å²) in [5.41, 5.74) is 8.29. The number of hydrogen-bond acceptors (Lipinski definition) is 5.